The molecular weight excluding hydrogens is 346 g/mol. The van der Waals surface area contributed by atoms with Crippen molar-refractivity contribution in [2.24, 2.45) is 5.73 Å². The second kappa shape index (κ2) is 7.03. The van der Waals surface area contributed by atoms with Crippen molar-refractivity contribution in [1.29, 1.82) is 0 Å². The summed E-state index contributed by atoms with van der Waals surface area (Å²) >= 11 is 0. The van der Waals surface area contributed by atoms with Crippen LogP contribution in [-0.4, -0.2) is 43.1 Å². The maximum Gasteiger partial charge on any atom is 0.318 e. The molecule has 1 aromatic rings. The number of urea groups is 1. The molecule has 0 radical (unpaired) electrons. The van der Waals surface area contributed by atoms with Gasteiger partial charge in [-0.1, -0.05) is 12.8 Å². The smallest absolute Gasteiger partial charge is 0.318 e. The maximum atomic E-state index is 11.9. The summed E-state index contributed by atoms with van der Waals surface area (Å²) in [6.45, 7) is 4.85. The van der Waals surface area contributed by atoms with E-state index < -0.39 is 6.03 Å². The molecule has 0 aromatic heterocycles. The molecule has 1 saturated carbocycles. The third kappa shape index (κ3) is 3.36. The lowest BCUT2D eigenvalue weighted by molar-refractivity contribution is -0.120. The van der Waals surface area contributed by atoms with E-state index in [-0.39, 0.29) is 23.8 Å². The number of amides is 3. The van der Waals surface area contributed by atoms with Gasteiger partial charge in [-0.15, -0.1) is 0 Å². The average Bonchev–Trinajstić information content (AvgIpc) is 3.11. The minimum Gasteiger partial charge on any atom is -0.486 e. The number of imide groups is 1. The summed E-state index contributed by atoms with van der Waals surface area (Å²) in [5.74, 6) is 1.34. The first-order valence-corrected chi connectivity index (χ1v) is 9.76. The van der Waals surface area contributed by atoms with Gasteiger partial charge in [0.2, 0.25) is 5.91 Å². The fraction of sp³-hybridized carbons (Fsp3) is 0.600. The fourth-order valence-electron chi connectivity index (χ4n) is 4.91. The number of nitrogens with zero attached hydrogens (tertiary/aromatic N) is 1. The Morgan fingerprint density at radius 1 is 1.22 bits per heavy atom. The summed E-state index contributed by atoms with van der Waals surface area (Å²) < 4.78 is 11.6. The van der Waals surface area contributed by atoms with Crippen molar-refractivity contribution < 1.29 is 19.1 Å². The molecule has 7 heteroatoms. The Balaban J connectivity index is 1.62. The Hall–Kier alpha value is -2.28. The van der Waals surface area contributed by atoms with Gasteiger partial charge in [-0.2, -0.15) is 0 Å². The molecule has 1 spiro atoms. The lowest BCUT2D eigenvalue weighted by Crippen LogP contribution is -2.47. The molecule has 146 valence electrons. The monoisotopic (exact) mass is 373 g/mol. The molecular formula is C20H27N3O4. The van der Waals surface area contributed by atoms with Crippen LogP contribution in [0.1, 0.15) is 56.2 Å². The number of carbonyl (C=O) groups excluding carboxylic acids is 2. The standard InChI is InChI=1S/C20H27N3O4/c1-13-14-10-16-17(27-9-8-26-16)11-15(14)20(5-2-3-6-20)12-23(13)7-4-18(24)22-19(21)25/h10-11,13H,2-9,12H2,1H3,(H3,21,22,24,25). The number of hydrogen-bond acceptors (Lipinski definition) is 5. The molecule has 7 nitrogen and oxygen atoms in total. The molecule has 1 atom stereocenters. The van der Waals surface area contributed by atoms with E-state index in [9.17, 15) is 9.59 Å². The summed E-state index contributed by atoms with van der Waals surface area (Å²) in [6.07, 6.45) is 4.99. The number of fused-ring (bicyclic) bond motifs is 3. The first kappa shape index (κ1) is 18.1. The predicted molar refractivity (Wildman–Crippen MR) is 99.9 cm³/mol. The number of nitrogens with one attached hydrogen (secondary N) is 1. The summed E-state index contributed by atoms with van der Waals surface area (Å²) in [5, 5.41) is 2.16. The predicted octanol–water partition coefficient (Wildman–Crippen LogP) is 2.23. The zero-order valence-corrected chi connectivity index (χ0v) is 15.8. The van der Waals surface area contributed by atoms with Crippen LogP contribution in [0.25, 0.3) is 0 Å². The summed E-state index contributed by atoms with van der Waals surface area (Å²) in [4.78, 5) is 25.1. The number of primary amides is 1. The van der Waals surface area contributed by atoms with Gasteiger partial charge >= 0.3 is 6.03 Å². The van der Waals surface area contributed by atoms with E-state index in [2.05, 4.69) is 29.3 Å². The van der Waals surface area contributed by atoms with E-state index in [1.807, 2.05) is 0 Å². The van der Waals surface area contributed by atoms with Crippen LogP contribution in [0.15, 0.2) is 12.1 Å². The topological polar surface area (TPSA) is 93.9 Å². The molecule has 1 aromatic carbocycles. The average molecular weight is 373 g/mol. The third-order valence-corrected chi connectivity index (χ3v) is 6.24. The lowest BCUT2D eigenvalue weighted by atomic mass is 9.71. The molecule has 1 fully saturated rings. The van der Waals surface area contributed by atoms with Gasteiger partial charge < -0.3 is 15.2 Å². The minimum absolute atomic E-state index is 0.109. The molecule has 27 heavy (non-hydrogen) atoms. The van der Waals surface area contributed by atoms with Crippen molar-refractivity contribution in [2.75, 3.05) is 26.3 Å². The van der Waals surface area contributed by atoms with E-state index in [1.165, 1.54) is 24.0 Å². The van der Waals surface area contributed by atoms with Gasteiger partial charge in [-0.3, -0.25) is 15.0 Å². The normalized spacial score (nSPS) is 23.1. The number of hydrogen-bond donors (Lipinski definition) is 2. The largest absolute Gasteiger partial charge is 0.486 e. The maximum absolute atomic E-state index is 11.9. The van der Waals surface area contributed by atoms with Crippen LogP contribution in [-0.2, 0) is 10.2 Å². The Labute approximate surface area is 159 Å². The highest BCUT2D eigenvalue weighted by Crippen LogP contribution is 2.51. The van der Waals surface area contributed by atoms with Gasteiger partial charge in [-0.05, 0) is 43.0 Å². The van der Waals surface area contributed by atoms with Gasteiger partial charge in [0.15, 0.2) is 11.5 Å². The fourth-order valence-corrected chi connectivity index (χ4v) is 4.91. The van der Waals surface area contributed by atoms with Crippen LogP contribution in [0.2, 0.25) is 0 Å². The third-order valence-electron chi connectivity index (χ3n) is 6.24. The van der Waals surface area contributed by atoms with Crippen molar-refractivity contribution in [3.8, 4) is 11.5 Å². The van der Waals surface area contributed by atoms with Gasteiger partial charge in [0.1, 0.15) is 13.2 Å². The Morgan fingerprint density at radius 3 is 2.56 bits per heavy atom. The molecule has 4 rings (SSSR count). The Bertz CT molecular complexity index is 758. The van der Waals surface area contributed by atoms with Crippen molar-refractivity contribution in [2.45, 2.75) is 50.5 Å². The van der Waals surface area contributed by atoms with Gasteiger partial charge in [0.25, 0.3) is 0 Å². The van der Waals surface area contributed by atoms with Crippen molar-refractivity contribution in [3.63, 3.8) is 0 Å². The number of rotatable bonds is 3. The van der Waals surface area contributed by atoms with Crippen LogP contribution < -0.4 is 20.5 Å². The quantitative estimate of drug-likeness (QED) is 0.847. The number of nitrogens with two attached hydrogens (primary N) is 1. The molecule has 3 amide bonds. The highest BCUT2D eigenvalue weighted by molar-refractivity contribution is 5.93. The number of ether oxygens (including phenoxy) is 2. The Morgan fingerprint density at radius 2 is 1.89 bits per heavy atom. The Kier molecular flexibility index (Phi) is 4.72. The van der Waals surface area contributed by atoms with E-state index in [4.69, 9.17) is 15.2 Å². The second-order valence-electron chi connectivity index (χ2n) is 7.88. The SMILES string of the molecule is CC1c2cc3c(cc2C2(CCCC2)CN1CCC(=O)NC(N)=O)OCCO3. The second-order valence-corrected chi connectivity index (χ2v) is 7.88. The van der Waals surface area contributed by atoms with Crippen molar-refractivity contribution >= 4 is 11.9 Å². The molecule has 2 heterocycles. The van der Waals surface area contributed by atoms with Crippen molar-refractivity contribution in [1.82, 2.24) is 10.2 Å². The van der Waals surface area contributed by atoms with Crippen LogP contribution in [0, 0.1) is 0 Å². The van der Waals surface area contributed by atoms with Crippen LogP contribution in [0.4, 0.5) is 4.79 Å². The van der Waals surface area contributed by atoms with Crippen LogP contribution >= 0.6 is 0 Å². The molecule has 3 N–H and O–H groups in total. The molecule has 3 aliphatic rings. The van der Waals surface area contributed by atoms with Gasteiger partial charge in [0.05, 0.1) is 0 Å². The number of carbonyl (C=O) groups is 2. The summed E-state index contributed by atoms with van der Waals surface area (Å²) in [5.41, 5.74) is 7.80. The molecule has 1 unspecified atom stereocenters. The van der Waals surface area contributed by atoms with Gasteiger partial charge in [0, 0.05) is 31.0 Å². The zero-order valence-electron chi connectivity index (χ0n) is 15.8. The first-order valence-electron chi connectivity index (χ1n) is 9.76. The molecule has 0 bridgehead atoms. The summed E-state index contributed by atoms with van der Waals surface area (Å²) in [7, 11) is 0. The van der Waals surface area contributed by atoms with E-state index in [0.717, 1.165) is 30.9 Å². The van der Waals surface area contributed by atoms with Crippen LogP contribution in [0.3, 0.4) is 0 Å². The van der Waals surface area contributed by atoms with Gasteiger partial charge in [-0.25, -0.2) is 4.79 Å². The highest BCUT2D eigenvalue weighted by Gasteiger charge is 2.44. The molecule has 1 aliphatic carbocycles. The molecule has 2 aliphatic heterocycles. The highest BCUT2D eigenvalue weighted by atomic mass is 16.6. The summed E-state index contributed by atoms with van der Waals surface area (Å²) in [6, 6.07) is 3.70. The first-order chi connectivity index (χ1) is 13.0. The van der Waals surface area contributed by atoms with Crippen molar-refractivity contribution in [3.05, 3.63) is 23.3 Å². The lowest BCUT2D eigenvalue weighted by Gasteiger charge is -2.46. The number of benzene rings is 1. The van der Waals surface area contributed by atoms with E-state index in [1.54, 1.807) is 0 Å². The zero-order chi connectivity index (χ0) is 19.0. The van der Waals surface area contributed by atoms with E-state index in [0.29, 0.717) is 19.8 Å². The van der Waals surface area contributed by atoms with Crippen LogP contribution in [0.5, 0.6) is 11.5 Å². The minimum atomic E-state index is -0.798. The molecule has 0 saturated heterocycles. The van der Waals surface area contributed by atoms with E-state index >= 15 is 0 Å².